The number of hydrogen-bond donors (Lipinski definition) is 0. The smallest absolute Gasteiger partial charge is 0.272 e. The Labute approximate surface area is 155 Å². The maximum Gasteiger partial charge on any atom is 0.272 e. The van der Waals surface area contributed by atoms with Crippen LogP contribution < -0.4 is 4.74 Å². The minimum Gasteiger partial charge on any atom is -0.493 e. The van der Waals surface area contributed by atoms with Crippen LogP contribution in [-0.2, 0) is 15.5 Å². The molecule has 0 aliphatic carbocycles. The fourth-order valence-corrected chi connectivity index (χ4v) is 4.81. The monoisotopic (exact) mass is 393 g/mol. The third kappa shape index (κ3) is 4.60. The number of thiazole rings is 1. The van der Waals surface area contributed by atoms with Gasteiger partial charge in [0.25, 0.3) is 9.05 Å². The molecular weight excluding hydrogens is 378 g/mol. The van der Waals surface area contributed by atoms with Crippen molar-refractivity contribution in [3.8, 4) is 16.3 Å². The molecule has 3 rings (SSSR count). The van der Waals surface area contributed by atoms with Crippen LogP contribution in [0, 0.1) is 6.92 Å². The molecule has 130 valence electrons. The molecule has 0 fully saturated rings. The summed E-state index contributed by atoms with van der Waals surface area (Å²) >= 11 is 1.07. The Hall–Kier alpha value is -1.89. The molecule has 4 nitrogen and oxygen atoms in total. The molecule has 0 saturated heterocycles. The number of aromatic nitrogens is 1. The lowest BCUT2D eigenvalue weighted by atomic mass is 10.2. The summed E-state index contributed by atoms with van der Waals surface area (Å²) in [4.78, 5) is 4.29. The Morgan fingerprint density at radius 3 is 2.36 bits per heavy atom. The lowest BCUT2D eigenvalue weighted by Crippen LogP contribution is -2.00. The van der Waals surface area contributed by atoms with Crippen LogP contribution in [0.5, 0.6) is 5.75 Å². The van der Waals surface area contributed by atoms with Gasteiger partial charge in [0.15, 0.2) is 4.21 Å². The van der Waals surface area contributed by atoms with Crippen LogP contribution >= 0.6 is 22.0 Å². The van der Waals surface area contributed by atoms with Gasteiger partial charge in [-0.2, -0.15) is 0 Å². The first-order valence-electron chi connectivity index (χ1n) is 7.63. The summed E-state index contributed by atoms with van der Waals surface area (Å²) in [5.41, 5.74) is 2.47. The van der Waals surface area contributed by atoms with Gasteiger partial charge >= 0.3 is 0 Å². The van der Waals surface area contributed by atoms with Gasteiger partial charge in [-0.1, -0.05) is 30.3 Å². The average Bonchev–Trinajstić information content (AvgIpc) is 2.99. The maximum atomic E-state index is 11.5. The van der Waals surface area contributed by atoms with Crippen LogP contribution in [0.3, 0.4) is 0 Å². The molecule has 0 radical (unpaired) electrons. The second kappa shape index (κ2) is 7.56. The fraction of sp³-hybridized carbons (Fsp3) is 0.167. The Morgan fingerprint density at radius 1 is 1.08 bits per heavy atom. The molecule has 1 aromatic heterocycles. The van der Waals surface area contributed by atoms with Gasteiger partial charge in [0.05, 0.1) is 12.3 Å². The first-order valence-corrected chi connectivity index (χ1v) is 10.8. The number of benzene rings is 2. The number of ether oxygens (including phenoxy) is 1. The highest BCUT2D eigenvalue weighted by Gasteiger charge is 2.19. The summed E-state index contributed by atoms with van der Waals surface area (Å²) < 4.78 is 28.8. The minimum absolute atomic E-state index is 0.0901. The molecule has 3 aromatic rings. The Morgan fingerprint density at radius 2 is 1.76 bits per heavy atom. The van der Waals surface area contributed by atoms with Crippen molar-refractivity contribution in [2.45, 2.75) is 17.6 Å². The highest BCUT2D eigenvalue weighted by molar-refractivity contribution is 8.15. The van der Waals surface area contributed by atoms with Crippen molar-refractivity contribution >= 4 is 31.1 Å². The molecular formula is C18H16ClNO3S2. The number of hydrogen-bond acceptors (Lipinski definition) is 5. The number of halogens is 1. The zero-order chi connectivity index (χ0) is 17.9. The molecule has 0 bridgehead atoms. The molecule has 25 heavy (non-hydrogen) atoms. The highest BCUT2D eigenvalue weighted by Crippen LogP contribution is 2.33. The van der Waals surface area contributed by atoms with Crippen LogP contribution in [0.25, 0.3) is 10.6 Å². The van der Waals surface area contributed by atoms with E-state index in [2.05, 4.69) is 17.1 Å². The first-order chi connectivity index (χ1) is 11.9. The van der Waals surface area contributed by atoms with Crippen molar-refractivity contribution in [1.29, 1.82) is 0 Å². The van der Waals surface area contributed by atoms with Gasteiger partial charge in [0, 0.05) is 22.7 Å². The topological polar surface area (TPSA) is 56.3 Å². The lowest BCUT2D eigenvalue weighted by Gasteiger charge is -2.06. The molecule has 0 aliphatic rings. The van der Waals surface area contributed by atoms with E-state index in [1.807, 2.05) is 42.5 Å². The van der Waals surface area contributed by atoms with Gasteiger partial charge in [-0.15, -0.1) is 11.3 Å². The van der Waals surface area contributed by atoms with Crippen molar-refractivity contribution in [3.05, 3.63) is 65.9 Å². The van der Waals surface area contributed by atoms with E-state index in [1.54, 1.807) is 6.92 Å². The van der Waals surface area contributed by atoms with Crippen LogP contribution in [-0.4, -0.2) is 20.0 Å². The quantitative estimate of drug-likeness (QED) is 0.571. The molecule has 0 aliphatic heterocycles. The average molecular weight is 394 g/mol. The van der Waals surface area contributed by atoms with Crippen molar-refractivity contribution in [3.63, 3.8) is 0 Å². The predicted molar refractivity (Wildman–Crippen MR) is 101 cm³/mol. The zero-order valence-corrected chi connectivity index (χ0v) is 15.9. The highest BCUT2D eigenvalue weighted by atomic mass is 35.7. The second-order valence-corrected chi connectivity index (χ2v) is 9.20. The minimum atomic E-state index is -3.76. The summed E-state index contributed by atoms with van der Waals surface area (Å²) in [5, 5.41) is 0.618. The van der Waals surface area contributed by atoms with Gasteiger partial charge in [-0.25, -0.2) is 13.4 Å². The van der Waals surface area contributed by atoms with E-state index in [1.165, 1.54) is 5.56 Å². The number of rotatable bonds is 6. The SMILES string of the molecule is Cc1nc(-c2ccc(OCCc3ccccc3)cc2)sc1S(=O)(=O)Cl. The normalized spacial score (nSPS) is 11.4. The summed E-state index contributed by atoms with van der Waals surface area (Å²) in [6.45, 7) is 2.23. The van der Waals surface area contributed by atoms with Crippen LogP contribution in [0.4, 0.5) is 0 Å². The molecule has 0 atom stereocenters. The Bertz CT molecular complexity index is 952. The van der Waals surface area contributed by atoms with Gasteiger partial charge in [-0.05, 0) is 36.8 Å². The third-order valence-corrected chi connectivity index (χ3v) is 6.96. The summed E-state index contributed by atoms with van der Waals surface area (Å²) in [5.74, 6) is 0.762. The molecule has 7 heteroatoms. The molecule has 0 saturated carbocycles. The third-order valence-electron chi connectivity index (χ3n) is 3.58. The van der Waals surface area contributed by atoms with Crippen molar-refractivity contribution in [1.82, 2.24) is 4.98 Å². The molecule has 0 N–H and O–H groups in total. The van der Waals surface area contributed by atoms with Gasteiger partial charge in [0.2, 0.25) is 0 Å². The fourth-order valence-electron chi connectivity index (χ4n) is 2.36. The van der Waals surface area contributed by atoms with Gasteiger partial charge in [0.1, 0.15) is 10.8 Å². The molecule has 2 aromatic carbocycles. The van der Waals surface area contributed by atoms with E-state index in [-0.39, 0.29) is 4.21 Å². The standard InChI is InChI=1S/C18H16ClNO3S2/c1-13-18(25(19,21)22)24-17(20-13)15-7-9-16(10-8-15)23-12-11-14-5-3-2-4-6-14/h2-10H,11-12H2,1H3. The van der Waals surface area contributed by atoms with E-state index in [9.17, 15) is 8.42 Å². The molecule has 0 amide bonds. The van der Waals surface area contributed by atoms with Crippen LogP contribution in [0.15, 0.2) is 58.8 Å². The lowest BCUT2D eigenvalue weighted by molar-refractivity contribution is 0.322. The predicted octanol–water partition coefficient (Wildman–Crippen LogP) is 4.67. The Kier molecular flexibility index (Phi) is 5.42. The summed E-state index contributed by atoms with van der Waals surface area (Å²) in [6, 6.07) is 17.6. The number of nitrogens with zero attached hydrogens (tertiary/aromatic N) is 1. The molecule has 0 spiro atoms. The molecule has 1 heterocycles. The summed E-state index contributed by atoms with van der Waals surface area (Å²) in [6.07, 6.45) is 0.839. The van der Waals surface area contributed by atoms with Crippen LogP contribution in [0.1, 0.15) is 11.3 Å². The largest absolute Gasteiger partial charge is 0.493 e. The van der Waals surface area contributed by atoms with Gasteiger partial charge < -0.3 is 4.74 Å². The van der Waals surface area contributed by atoms with Crippen molar-refractivity contribution in [2.75, 3.05) is 6.61 Å². The Balaban J connectivity index is 1.66. The second-order valence-electron chi connectivity index (χ2n) is 5.44. The summed E-state index contributed by atoms with van der Waals surface area (Å²) in [7, 11) is 1.66. The van der Waals surface area contributed by atoms with E-state index in [0.29, 0.717) is 17.3 Å². The van der Waals surface area contributed by atoms with E-state index in [4.69, 9.17) is 15.4 Å². The van der Waals surface area contributed by atoms with Crippen molar-refractivity contribution < 1.29 is 13.2 Å². The first kappa shape index (κ1) is 17.9. The van der Waals surface area contributed by atoms with E-state index in [0.717, 1.165) is 29.1 Å². The number of aryl methyl sites for hydroxylation is 1. The van der Waals surface area contributed by atoms with E-state index < -0.39 is 9.05 Å². The maximum absolute atomic E-state index is 11.5. The zero-order valence-electron chi connectivity index (χ0n) is 13.5. The van der Waals surface area contributed by atoms with Crippen molar-refractivity contribution in [2.24, 2.45) is 0 Å². The molecule has 0 unspecified atom stereocenters. The van der Waals surface area contributed by atoms with Gasteiger partial charge in [-0.3, -0.25) is 0 Å². The van der Waals surface area contributed by atoms with Crippen LogP contribution in [0.2, 0.25) is 0 Å². The van der Waals surface area contributed by atoms with E-state index >= 15 is 0 Å².